The van der Waals surface area contributed by atoms with Gasteiger partial charge in [0.2, 0.25) is 0 Å². The van der Waals surface area contributed by atoms with Crippen molar-refractivity contribution in [2.75, 3.05) is 26.3 Å². The van der Waals surface area contributed by atoms with Gasteiger partial charge in [-0.2, -0.15) is 5.26 Å². The lowest BCUT2D eigenvalue weighted by molar-refractivity contribution is 0.0429. The molecule has 0 N–H and O–H groups in total. The molecule has 0 amide bonds. The van der Waals surface area contributed by atoms with Gasteiger partial charge < -0.3 is 9.47 Å². The van der Waals surface area contributed by atoms with Crippen molar-refractivity contribution in [3.8, 4) is 17.6 Å². The van der Waals surface area contributed by atoms with Gasteiger partial charge in [-0.3, -0.25) is 0 Å². The Labute approximate surface area is 174 Å². The summed E-state index contributed by atoms with van der Waals surface area (Å²) in [6, 6.07) is 13.0. The van der Waals surface area contributed by atoms with Crippen LogP contribution in [0.4, 0.5) is 0 Å². The average molecular weight is 423 g/mol. The van der Waals surface area contributed by atoms with Crippen molar-refractivity contribution in [1.29, 1.82) is 5.26 Å². The van der Waals surface area contributed by atoms with E-state index in [1.807, 2.05) is 25.1 Å². The Morgan fingerprint density at radius 3 is 2.63 bits per heavy atom. The lowest BCUT2D eigenvalue weighted by Crippen LogP contribution is -2.54. The van der Waals surface area contributed by atoms with Gasteiger partial charge in [0.25, 0.3) is 0 Å². The topological polar surface area (TPSA) is 45.5 Å². The van der Waals surface area contributed by atoms with Crippen LogP contribution in [0.5, 0.6) is 11.5 Å². The van der Waals surface area contributed by atoms with Crippen molar-refractivity contribution < 1.29 is 9.47 Å². The average Bonchev–Trinajstić information content (AvgIpc) is 2.61. The van der Waals surface area contributed by atoms with E-state index in [9.17, 15) is 0 Å². The van der Waals surface area contributed by atoms with Gasteiger partial charge in [-0.1, -0.05) is 30.1 Å². The highest BCUT2D eigenvalue weighted by Crippen LogP contribution is 2.41. The minimum absolute atomic E-state index is 0.0611. The van der Waals surface area contributed by atoms with Crippen LogP contribution in [-0.4, -0.2) is 30.6 Å². The van der Waals surface area contributed by atoms with Crippen LogP contribution in [0.2, 0.25) is 10.0 Å². The van der Waals surface area contributed by atoms with Crippen LogP contribution in [0.3, 0.4) is 0 Å². The number of nitriles is 1. The molecule has 0 radical (unpaired) electrons. The summed E-state index contributed by atoms with van der Waals surface area (Å²) >= 11 is 13.8. The first kappa shape index (κ1) is 20.2. The maximum absolute atomic E-state index is 9.13. The molecule has 27 heavy (non-hydrogen) atoms. The SMILES string of the molecule is CCOc1cc(OCC2(C)CN(Sc3ccc(Cl)cc3Cl)C2)ccc1C#N. The van der Waals surface area contributed by atoms with E-state index in [0.717, 1.165) is 18.0 Å². The molecule has 0 atom stereocenters. The highest BCUT2D eigenvalue weighted by molar-refractivity contribution is 7.97. The molecule has 3 rings (SSSR count). The van der Waals surface area contributed by atoms with Gasteiger partial charge in [-0.15, -0.1) is 0 Å². The normalized spacial score (nSPS) is 15.7. The fourth-order valence-electron chi connectivity index (χ4n) is 2.87. The molecule has 1 aliphatic rings. The van der Waals surface area contributed by atoms with Crippen LogP contribution < -0.4 is 9.47 Å². The first-order valence-corrected chi connectivity index (χ1v) is 10.1. The summed E-state index contributed by atoms with van der Waals surface area (Å²) in [5.41, 5.74) is 0.576. The van der Waals surface area contributed by atoms with Crippen molar-refractivity contribution in [2.45, 2.75) is 18.7 Å². The zero-order valence-corrected chi connectivity index (χ0v) is 17.5. The highest BCUT2D eigenvalue weighted by Gasteiger charge is 2.40. The molecular weight excluding hydrogens is 403 g/mol. The van der Waals surface area contributed by atoms with E-state index in [2.05, 4.69) is 17.3 Å². The van der Waals surface area contributed by atoms with Gasteiger partial charge in [-0.25, -0.2) is 4.31 Å². The van der Waals surface area contributed by atoms with E-state index < -0.39 is 0 Å². The number of halogens is 2. The third-order valence-electron chi connectivity index (χ3n) is 4.20. The summed E-state index contributed by atoms with van der Waals surface area (Å²) in [6.45, 7) is 6.98. The molecule has 0 aromatic heterocycles. The van der Waals surface area contributed by atoms with Crippen LogP contribution in [0.25, 0.3) is 0 Å². The lowest BCUT2D eigenvalue weighted by Gasteiger charge is -2.46. The van der Waals surface area contributed by atoms with Crippen LogP contribution in [0, 0.1) is 16.7 Å². The Hall–Kier alpha value is -1.58. The summed E-state index contributed by atoms with van der Waals surface area (Å²) in [4.78, 5) is 0.998. The summed E-state index contributed by atoms with van der Waals surface area (Å²) in [5.74, 6) is 1.27. The molecular formula is C20H20Cl2N2O2S. The Kier molecular flexibility index (Phi) is 6.44. The minimum atomic E-state index is 0.0611. The van der Waals surface area contributed by atoms with E-state index in [4.69, 9.17) is 37.9 Å². The van der Waals surface area contributed by atoms with Gasteiger partial charge in [-0.05, 0) is 49.2 Å². The molecule has 7 heteroatoms. The maximum Gasteiger partial charge on any atom is 0.140 e. The third-order valence-corrected chi connectivity index (χ3v) is 5.93. The van der Waals surface area contributed by atoms with E-state index in [1.54, 1.807) is 30.1 Å². The number of hydrogen-bond donors (Lipinski definition) is 0. The summed E-state index contributed by atoms with van der Waals surface area (Å²) in [6.07, 6.45) is 0. The molecule has 0 unspecified atom stereocenters. The Bertz CT molecular complexity index is 864. The summed E-state index contributed by atoms with van der Waals surface area (Å²) in [7, 11) is 0. The first-order chi connectivity index (χ1) is 12.9. The van der Waals surface area contributed by atoms with Crippen molar-refractivity contribution in [2.24, 2.45) is 5.41 Å². The molecule has 0 spiro atoms. The quantitative estimate of drug-likeness (QED) is 0.537. The molecule has 2 aromatic carbocycles. The van der Waals surface area contributed by atoms with E-state index in [1.165, 1.54) is 0 Å². The van der Waals surface area contributed by atoms with Crippen molar-refractivity contribution >= 4 is 35.1 Å². The second-order valence-corrected chi connectivity index (χ2v) is 8.75. The Morgan fingerprint density at radius 2 is 1.96 bits per heavy atom. The number of rotatable bonds is 7. The molecule has 1 fully saturated rings. The zero-order chi connectivity index (χ0) is 19.4. The number of nitrogens with zero attached hydrogens (tertiary/aromatic N) is 2. The van der Waals surface area contributed by atoms with Gasteiger partial charge in [0, 0.05) is 34.5 Å². The van der Waals surface area contributed by atoms with Gasteiger partial charge in [0.1, 0.15) is 17.6 Å². The van der Waals surface area contributed by atoms with Crippen LogP contribution in [0.15, 0.2) is 41.3 Å². The molecule has 1 aliphatic heterocycles. The van der Waals surface area contributed by atoms with E-state index >= 15 is 0 Å². The molecule has 142 valence electrons. The van der Waals surface area contributed by atoms with Gasteiger partial charge in [0.05, 0.1) is 23.8 Å². The molecule has 4 nitrogen and oxygen atoms in total. The smallest absolute Gasteiger partial charge is 0.140 e. The number of ether oxygens (including phenoxy) is 2. The van der Waals surface area contributed by atoms with Crippen LogP contribution in [-0.2, 0) is 0 Å². The standard InChI is InChI=1S/C20H20Cl2N2O2S/c1-3-25-18-9-16(6-4-14(18)10-23)26-13-20(2)11-24(12-20)27-19-7-5-15(21)8-17(19)22/h4-9H,3,11-13H2,1-2H3. The van der Waals surface area contributed by atoms with Crippen molar-refractivity contribution in [1.82, 2.24) is 4.31 Å². The molecule has 0 saturated carbocycles. The van der Waals surface area contributed by atoms with Crippen LogP contribution in [0.1, 0.15) is 19.4 Å². The largest absolute Gasteiger partial charge is 0.493 e. The molecule has 0 bridgehead atoms. The molecule has 1 heterocycles. The first-order valence-electron chi connectivity index (χ1n) is 8.60. The fourth-order valence-corrected chi connectivity index (χ4v) is 4.68. The molecule has 2 aromatic rings. The Morgan fingerprint density at radius 1 is 1.19 bits per heavy atom. The lowest BCUT2D eigenvalue weighted by atomic mass is 9.85. The maximum atomic E-state index is 9.13. The van der Waals surface area contributed by atoms with E-state index in [-0.39, 0.29) is 5.41 Å². The second-order valence-electron chi connectivity index (χ2n) is 6.77. The van der Waals surface area contributed by atoms with Gasteiger partial charge in [0.15, 0.2) is 0 Å². The Balaban J connectivity index is 1.54. The predicted octanol–water partition coefficient (Wildman–Crippen LogP) is 5.67. The summed E-state index contributed by atoms with van der Waals surface area (Å²) in [5, 5.41) is 10.4. The van der Waals surface area contributed by atoms with Crippen molar-refractivity contribution in [3.63, 3.8) is 0 Å². The highest BCUT2D eigenvalue weighted by atomic mass is 35.5. The fraction of sp³-hybridized carbons (Fsp3) is 0.350. The predicted molar refractivity (Wildman–Crippen MR) is 110 cm³/mol. The third kappa shape index (κ3) is 5.03. The zero-order valence-electron chi connectivity index (χ0n) is 15.2. The molecule has 0 aliphatic carbocycles. The minimum Gasteiger partial charge on any atom is -0.493 e. The number of benzene rings is 2. The summed E-state index contributed by atoms with van der Waals surface area (Å²) < 4.78 is 13.7. The second kappa shape index (κ2) is 8.62. The molecule has 1 saturated heterocycles. The van der Waals surface area contributed by atoms with Crippen molar-refractivity contribution in [3.05, 3.63) is 52.0 Å². The van der Waals surface area contributed by atoms with E-state index in [0.29, 0.717) is 40.3 Å². The number of hydrogen-bond acceptors (Lipinski definition) is 5. The van der Waals surface area contributed by atoms with Crippen LogP contribution >= 0.6 is 35.1 Å². The monoisotopic (exact) mass is 422 g/mol. The van der Waals surface area contributed by atoms with Gasteiger partial charge >= 0.3 is 0 Å².